The number of ether oxygens (including phenoxy) is 1. The lowest BCUT2D eigenvalue weighted by atomic mass is 10.1. The lowest BCUT2D eigenvalue weighted by Gasteiger charge is -2.25. The Morgan fingerprint density at radius 2 is 2.25 bits per heavy atom. The number of benzene rings is 1. The predicted molar refractivity (Wildman–Crippen MR) is 78.4 cm³/mol. The van der Waals surface area contributed by atoms with Gasteiger partial charge in [-0.15, -0.1) is 12.4 Å². The van der Waals surface area contributed by atoms with Crippen molar-refractivity contribution in [3.05, 3.63) is 23.8 Å². The van der Waals surface area contributed by atoms with Crippen molar-refractivity contribution in [2.75, 3.05) is 11.9 Å². The summed E-state index contributed by atoms with van der Waals surface area (Å²) >= 11 is 0. The molecule has 2 atom stereocenters. The van der Waals surface area contributed by atoms with Crippen LogP contribution in [0.25, 0.3) is 0 Å². The zero-order chi connectivity index (χ0) is 14.0. The van der Waals surface area contributed by atoms with Crippen molar-refractivity contribution in [2.45, 2.75) is 26.0 Å². The van der Waals surface area contributed by atoms with Crippen LogP contribution in [-0.2, 0) is 4.79 Å². The van der Waals surface area contributed by atoms with Crippen molar-refractivity contribution in [3.63, 3.8) is 0 Å². The van der Waals surface area contributed by atoms with Gasteiger partial charge in [-0.3, -0.25) is 9.59 Å². The highest BCUT2D eigenvalue weighted by molar-refractivity contribution is 6.04. The molecule has 0 saturated heterocycles. The number of fused-ring (bicyclic) bond motifs is 1. The number of carbonyl (C=O) groups is 2. The molecule has 6 nitrogen and oxygen atoms in total. The molecule has 0 spiro atoms. The highest BCUT2D eigenvalue weighted by Crippen LogP contribution is 2.33. The zero-order valence-corrected chi connectivity index (χ0v) is 12.1. The van der Waals surface area contributed by atoms with E-state index < -0.39 is 6.10 Å². The van der Waals surface area contributed by atoms with Gasteiger partial charge >= 0.3 is 0 Å². The number of carbonyl (C=O) groups excluding carboxylic acids is 2. The standard InChI is InChI=1S/C13H17N3O3.ClH/c1-7(6-14)15-13(18)9-4-3-5-10-11(9)19-8(2)12(17)16-10;/h3-5,7-8H,6,14H2,1-2H3,(H,15,18)(H,16,17);1H/t7-,8?;/m0./s1. The van der Waals surface area contributed by atoms with E-state index in [0.717, 1.165) is 0 Å². The van der Waals surface area contributed by atoms with E-state index in [4.69, 9.17) is 10.5 Å². The molecule has 1 aliphatic heterocycles. The fourth-order valence-corrected chi connectivity index (χ4v) is 1.77. The van der Waals surface area contributed by atoms with Crippen LogP contribution in [0.1, 0.15) is 24.2 Å². The van der Waals surface area contributed by atoms with Crippen molar-refractivity contribution in [2.24, 2.45) is 5.73 Å². The number of anilines is 1. The minimum atomic E-state index is -0.617. The van der Waals surface area contributed by atoms with Crippen LogP contribution in [-0.4, -0.2) is 30.5 Å². The molecule has 0 radical (unpaired) electrons. The second-order valence-electron chi connectivity index (χ2n) is 4.54. The summed E-state index contributed by atoms with van der Waals surface area (Å²) in [6, 6.07) is 4.92. The molecule has 2 amide bonds. The normalized spacial score (nSPS) is 17.9. The topological polar surface area (TPSA) is 93.4 Å². The SMILES string of the molecule is CC1Oc2c(cccc2C(=O)N[C@@H](C)CN)NC1=O.Cl. The minimum absolute atomic E-state index is 0. The molecule has 110 valence electrons. The Kier molecular flexibility index (Phi) is 5.35. The van der Waals surface area contributed by atoms with Gasteiger partial charge in [0.25, 0.3) is 11.8 Å². The number of nitrogens with one attached hydrogen (secondary N) is 2. The van der Waals surface area contributed by atoms with E-state index in [2.05, 4.69) is 10.6 Å². The molecule has 1 aliphatic rings. The van der Waals surface area contributed by atoms with Crippen molar-refractivity contribution < 1.29 is 14.3 Å². The van der Waals surface area contributed by atoms with E-state index in [0.29, 0.717) is 23.5 Å². The molecule has 4 N–H and O–H groups in total. The predicted octanol–water partition coefficient (Wildman–Crippen LogP) is 0.905. The average molecular weight is 300 g/mol. The van der Waals surface area contributed by atoms with Crippen molar-refractivity contribution >= 4 is 29.9 Å². The summed E-state index contributed by atoms with van der Waals surface area (Å²) in [4.78, 5) is 23.6. The van der Waals surface area contributed by atoms with Gasteiger partial charge in [-0.25, -0.2) is 0 Å². The summed E-state index contributed by atoms with van der Waals surface area (Å²) < 4.78 is 5.51. The average Bonchev–Trinajstić information content (AvgIpc) is 2.39. The summed E-state index contributed by atoms with van der Waals surface area (Å²) in [5.41, 5.74) is 6.38. The maximum atomic E-state index is 12.1. The monoisotopic (exact) mass is 299 g/mol. The fraction of sp³-hybridized carbons (Fsp3) is 0.385. The zero-order valence-electron chi connectivity index (χ0n) is 11.3. The first-order valence-corrected chi connectivity index (χ1v) is 6.14. The third-order valence-electron chi connectivity index (χ3n) is 2.91. The van der Waals surface area contributed by atoms with Gasteiger partial charge in [0.05, 0.1) is 11.3 Å². The van der Waals surface area contributed by atoms with Gasteiger partial charge < -0.3 is 21.1 Å². The first kappa shape index (κ1) is 16.3. The van der Waals surface area contributed by atoms with Gasteiger partial charge in [-0.2, -0.15) is 0 Å². The minimum Gasteiger partial charge on any atom is -0.478 e. The van der Waals surface area contributed by atoms with Crippen LogP contribution in [0, 0.1) is 0 Å². The second kappa shape index (κ2) is 6.58. The number of para-hydroxylation sites is 1. The van der Waals surface area contributed by atoms with Crippen LogP contribution >= 0.6 is 12.4 Å². The van der Waals surface area contributed by atoms with E-state index in [9.17, 15) is 9.59 Å². The van der Waals surface area contributed by atoms with Gasteiger partial charge in [0.1, 0.15) is 0 Å². The highest BCUT2D eigenvalue weighted by atomic mass is 35.5. The number of hydrogen-bond acceptors (Lipinski definition) is 4. The van der Waals surface area contributed by atoms with Gasteiger partial charge in [0.2, 0.25) is 0 Å². The molecule has 0 saturated carbocycles. The molecule has 1 aromatic carbocycles. The second-order valence-corrected chi connectivity index (χ2v) is 4.54. The van der Waals surface area contributed by atoms with Gasteiger partial charge in [-0.1, -0.05) is 6.07 Å². The van der Waals surface area contributed by atoms with Gasteiger partial charge in [0, 0.05) is 12.6 Å². The van der Waals surface area contributed by atoms with Crippen LogP contribution in [0.5, 0.6) is 5.75 Å². The first-order valence-electron chi connectivity index (χ1n) is 6.14. The number of halogens is 1. The highest BCUT2D eigenvalue weighted by Gasteiger charge is 2.27. The Morgan fingerprint density at radius 3 is 2.90 bits per heavy atom. The summed E-state index contributed by atoms with van der Waals surface area (Å²) in [6.45, 7) is 3.81. The molecule has 0 aromatic heterocycles. The smallest absolute Gasteiger partial charge is 0.265 e. The van der Waals surface area contributed by atoms with Crippen molar-refractivity contribution in [1.29, 1.82) is 0 Å². The van der Waals surface area contributed by atoms with Crippen molar-refractivity contribution in [1.82, 2.24) is 5.32 Å². The molecule has 7 heteroatoms. The molecule has 1 unspecified atom stereocenters. The van der Waals surface area contributed by atoms with Crippen LogP contribution < -0.4 is 21.1 Å². The van der Waals surface area contributed by atoms with Crippen LogP contribution in [0.4, 0.5) is 5.69 Å². The van der Waals surface area contributed by atoms with E-state index in [-0.39, 0.29) is 30.3 Å². The molecule has 1 heterocycles. The quantitative estimate of drug-likeness (QED) is 0.773. The Bertz CT molecular complexity index is 522. The number of rotatable bonds is 3. The molecule has 0 fully saturated rings. The number of amides is 2. The summed E-state index contributed by atoms with van der Waals surface area (Å²) in [5.74, 6) is -0.0881. The molecule has 1 aromatic rings. The Balaban J connectivity index is 0.00000200. The molecule has 0 bridgehead atoms. The maximum absolute atomic E-state index is 12.1. The summed E-state index contributed by atoms with van der Waals surface area (Å²) in [5, 5.41) is 5.47. The molecule has 2 rings (SSSR count). The lowest BCUT2D eigenvalue weighted by molar-refractivity contribution is -0.122. The molecule has 20 heavy (non-hydrogen) atoms. The third kappa shape index (κ3) is 3.20. The van der Waals surface area contributed by atoms with E-state index in [1.54, 1.807) is 25.1 Å². The van der Waals surface area contributed by atoms with Gasteiger partial charge in [-0.05, 0) is 26.0 Å². The Morgan fingerprint density at radius 1 is 1.55 bits per heavy atom. The van der Waals surface area contributed by atoms with Crippen LogP contribution in [0.3, 0.4) is 0 Å². The van der Waals surface area contributed by atoms with Crippen LogP contribution in [0.15, 0.2) is 18.2 Å². The van der Waals surface area contributed by atoms with E-state index in [1.807, 2.05) is 6.92 Å². The Labute approximate surface area is 123 Å². The molecular weight excluding hydrogens is 282 g/mol. The van der Waals surface area contributed by atoms with Crippen molar-refractivity contribution in [3.8, 4) is 5.75 Å². The Hall–Kier alpha value is -1.79. The largest absolute Gasteiger partial charge is 0.478 e. The molecule has 0 aliphatic carbocycles. The first-order chi connectivity index (χ1) is 9.02. The summed E-state index contributed by atoms with van der Waals surface area (Å²) in [7, 11) is 0. The number of nitrogens with two attached hydrogens (primary N) is 1. The van der Waals surface area contributed by atoms with E-state index in [1.165, 1.54) is 0 Å². The third-order valence-corrected chi connectivity index (χ3v) is 2.91. The maximum Gasteiger partial charge on any atom is 0.265 e. The number of hydrogen-bond donors (Lipinski definition) is 3. The van der Waals surface area contributed by atoms with E-state index >= 15 is 0 Å². The molecular formula is C13H18ClN3O3. The summed E-state index contributed by atoms with van der Waals surface area (Å²) in [6.07, 6.45) is -0.617. The fourth-order valence-electron chi connectivity index (χ4n) is 1.77. The van der Waals surface area contributed by atoms with Gasteiger partial charge in [0.15, 0.2) is 11.9 Å². The van der Waals surface area contributed by atoms with Crippen LogP contribution in [0.2, 0.25) is 0 Å². The lowest BCUT2D eigenvalue weighted by Crippen LogP contribution is -2.39.